The third-order valence-electron chi connectivity index (χ3n) is 2.77. The highest BCUT2D eigenvalue weighted by Crippen LogP contribution is 2.20. The van der Waals surface area contributed by atoms with Crippen LogP contribution in [0.25, 0.3) is 0 Å². The lowest BCUT2D eigenvalue weighted by Gasteiger charge is -2.04. The molecule has 2 aromatic rings. The van der Waals surface area contributed by atoms with Crippen LogP contribution in [-0.4, -0.2) is 12.9 Å². The van der Waals surface area contributed by atoms with Gasteiger partial charge in [-0.3, -0.25) is 4.79 Å². The normalized spacial score (nSPS) is 10.6. The van der Waals surface area contributed by atoms with Crippen LogP contribution in [0.1, 0.15) is 10.4 Å². The number of carbonyl (C=O) groups excluding carboxylic acids is 1. The van der Waals surface area contributed by atoms with Gasteiger partial charge in [0, 0.05) is 34.1 Å². The average molecular weight is 350 g/mol. The Morgan fingerprint density at radius 3 is 2.57 bits per heavy atom. The van der Waals surface area contributed by atoms with Crippen molar-refractivity contribution in [2.24, 2.45) is 0 Å². The summed E-state index contributed by atoms with van der Waals surface area (Å²) in [7, 11) is 1.41. The van der Waals surface area contributed by atoms with E-state index in [1.165, 1.54) is 31.5 Å². The lowest BCUT2D eigenvalue weighted by molar-refractivity contribution is 0.104. The van der Waals surface area contributed by atoms with Crippen molar-refractivity contribution in [1.82, 2.24) is 0 Å². The zero-order chi connectivity index (χ0) is 15.2. The summed E-state index contributed by atoms with van der Waals surface area (Å²) in [5, 5.41) is 2.84. The lowest BCUT2D eigenvalue weighted by atomic mass is 10.1. The number of hydrogen-bond donors (Lipinski definition) is 1. The first kappa shape index (κ1) is 15.3. The maximum atomic E-state index is 13.5. The number of carbonyl (C=O) groups is 1. The van der Waals surface area contributed by atoms with Crippen LogP contribution >= 0.6 is 15.9 Å². The van der Waals surface area contributed by atoms with Gasteiger partial charge in [0.05, 0.1) is 7.11 Å². The molecule has 0 aromatic heterocycles. The highest BCUT2D eigenvalue weighted by molar-refractivity contribution is 9.10. The fourth-order valence-corrected chi connectivity index (χ4v) is 1.94. The summed E-state index contributed by atoms with van der Waals surface area (Å²) in [6, 6.07) is 11.5. The summed E-state index contributed by atoms with van der Waals surface area (Å²) in [5.41, 5.74) is 1.12. The molecule has 0 aliphatic carbocycles. The maximum Gasteiger partial charge on any atom is 0.187 e. The Labute approximate surface area is 130 Å². The molecule has 0 amide bonds. The van der Waals surface area contributed by atoms with Crippen LogP contribution in [0.3, 0.4) is 0 Å². The van der Waals surface area contributed by atoms with E-state index in [2.05, 4.69) is 21.2 Å². The fourth-order valence-electron chi connectivity index (χ4n) is 1.68. The number of ether oxygens (including phenoxy) is 1. The first-order valence-electron chi connectivity index (χ1n) is 6.16. The molecular formula is C16H13BrFNO2. The minimum Gasteiger partial charge on any atom is -0.494 e. The van der Waals surface area contributed by atoms with Crippen molar-refractivity contribution in [3.63, 3.8) is 0 Å². The van der Waals surface area contributed by atoms with Crippen LogP contribution in [-0.2, 0) is 0 Å². The number of methoxy groups -OCH3 is 1. The third kappa shape index (κ3) is 4.16. The fraction of sp³-hybridized carbons (Fsp3) is 0.0625. The molecule has 0 spiro atoms. The number of anilines is 1. The average Bonchev–Trinajstić information content (AvgIpc) is 2.48. The quantitative estimate of drug-likeness (QED) is 0.641. The lowest BCUT2D eigenvalue weighted by Crippen LogP contribution is -1.96. The van der Waals surface area contributed by atoms with Crippen LogP contribution in [0.15, 0.2) is 59.2 Å². The number of allylic oxidation sites excluding steroid dienone is 1. The van der Waals surface area contributed by atoms with Gasteiger partial charge >= 0.3 is 0 Å². The summed E-state index contributed by atoms with van der Waals surface area (Å²) < 4.78 is 19.2. The Balaban J connectivity index is 2.00. The number of benzene rings is 2. The molecule has 2 aromatic carbocycles. The zero-order valence-electron chi connectivity index (χ0n) is 11.3. The second-order valence-electron chi connectivity index (χ2n) is 4.20. The summed E-state index contributed by atoms with van der Waals surface area (Å²) in [4.78, 5) is 11.9. The van der Waals surface area contributed by atoms with E-state index in [-0.39, 0.29) is 11.5 Å². The molecule has 0 aliphatic rings. The largest absolute Gasteiger partial charge is 0.494 e. The molecule has 1 N–H and O–H groups in total. The van der Waals surface area contributed by atoms with Gasteiger partial charge in [0.2, 0.25) is 0 Å². The molecular weight excluding hydrogens is 337 g/mol. The second-order valence-corrected chi connectivity index (χ2v) is 5.11. The maximum absolute atomic E-state index is 13.5. The standard InChI is InChI=1S/C16H13BrFNO2/c1-21-16-7-6-13(10-14(16)18)19-9-8-15(20)11-2-4-12(17)5-3-11/h2-10,19H,1H3/b9-8+. The van der Waals surface area contributed by atoms with E-state index in [1.54, 1.807) is 30.3 Å². The van der Waals surface area contributed by atoms with Crippen molar-refractivity contribution < 1.29 is 13.9 Å². The smallest absolute Gasteiger partial charge is 0.187 e. The Kier molecular flexibility index (Phi) is 5.11. The first-order valence-corrected chi connectivity index (χ1v) is 6.96. The minimum absolute atomic E-state index is 0.135. The van der Waals surface area contributed by atoms with E-state index < -0.39 is 5.82 Å². The van der Waals surface area contributed by atoms with E-state index >= 15 is 0 Å². The molecule has 0 bridgehead atoms. The van der Waals surface area contributed by atoms with Crippen molar-refractivity contribution in [2.45, 2.75) is 0 Å². The van der Waals surface area contributed by atoms with Crippen LogP contribution in [0.5, 0.6) is 5.75 Å². The predicted octanol–water partition coefficient (Wildman–Crippen LogP) is 4.41. The third-order valence-corrected chi connectivity index (χ3v) is 3.29. The minimum atomic E-state index is -0.463. The Bertz CT molecular complexity index is 668. The molecule has 3 nitrogen and oxygen atoms in total. The van der Waals surface area contributed by atoms with E-state index in [4.69, 9.17) is 4.74 Å². The summed E-state index contributed by atoms with van der Waals surface area (Å²) in [5.74, 6) is -0.422. The SMILES string of the molecule is COc1ccc(N/C=C/C(=O)c2ccc(Br)cc2)cc1F. The number of hydrogen-bond acceptors (Lipinski definition) is 3. The van der Waals surface area contributed by atoms with Crippen molar-refractivity contribution in [3.8, 4) is 5.75 Å². The summed E-state index contributed by atoms with van der Waals surface area (Å²) >= 11 is 3.31. The molecule has 21 heavy (non-hydrogen) atoms. The van der Waals surface area contributed by atoms with Gasteiger partial charge in [-0.05, 0) is 36.4 Å². The molecule has 0 heterocycles. The van der Waals surface area contributed by atoms with Gasteiger partial charge in [-0.15, -0.1) is 0 Å². The van der Waals surface area contributed by atoms with Gasteiger partial charge in [-0.1, -0.05) is 15.9 Å². The topological polar surface area (TPSA) is 38.3 Å². The predicted molar refractivity (Wildman–Crippen MR) is 84.2 cm³/mol. The van der Waals surface area contributed by atoms with Gasteiger partial charge in [0.1, 0.15) is 0 Å². The van der Waals surface area contributed by atoms with Crippen LogP contribution in [0.4, 0.5) is 10.1 Å². The number of ketones is 1. The first-order chi connectivity index (χ1) is 10.1. The Morgan fingerprint density at radius 2 is 1.95 bits per heavy atom. The molecule has 0 unspecified atom stereocenters. The van der Waals surface area contributed by atoms with Crippen molar-refractivity contribution >= 4 is 27.4 Å². The van der Waals surface area contributed by atoms with Crippen molar-refractivity contribution in [3.05, 3.63) is 70.6 Å². The van der Waals surface area contributed by atoms with Gasteiger partial charge in [0.25, 0.3) is 0 Å². The Hall–Kier alpha value is -2.14. The number of halogens is 2. The van der Waals surface area contributed by atoms with Gasteiger partial charge < -0.3 is 10.1 Å². The van der Waals surface area contributed by atoms with Gasteiger partial charge in [-0.2, -0.15) is 0 Å². The number of nitrogens with one attached hydrogen (secondary N) is 1. The van der Waals surface area contributed by atoms with Crippen LogP contribution in [0, 0.1) is 5.82 Å². The molecule has 2 rings (SSSR count). The van der Waals surface area contributed by atoms with Crippen molar-refractivity contribution in [1.29, 1.82) is 0 Å². The van der Waals surface area contributed by atoms with E-state index in [0.717, 1.165) is 4.47 Å². The molecule has 0 radical (unpaired) electrons. The number of rotatable bonds is 5. The van der Waals surface area contributed by atoms with Gasteiger partial charge in [0.15, 0.2) is 17.3 Å². The molecule has 0 fully saturated rings. The Morgan fingerprint density at radius 1 is 1.24 bits per heavy atom. The summed E-state index contributed by atoms with van der Waals surface area (Å²) in [6.07, 6.45) is 2.87. The highest BCUT2D eigenvalue weighted by atomic mass is 79.9. The van der Waals surface area contributed by atoms with Crippen molar-refractivity contribution in [2.75, 3.05) is 12.4 Å². The van der Waals surface area contributed by atoms with E-state index in [1.807, 2.05) is 0 Å². The molecule has 108 valence electrons. The molecule has 0 saturated carbocycles. The molecule has 0 atom stereocenters. The monoisotopic (exact) mass is 349 g/mol. The van der Waals surface area contributed by atoms with Crippen LogP contribution < -0.4 is 10.1 Å². The summed E-state index contributed by atoms with van der Waals surface area (Å²) in [6.45, 7) is 0. The van der Waals surface area contributed by atoms with E-state index in [9.17, 15) is 9.18 Å². The van der Waals surface area contributed by atoms with E-state index in [0.29, 0.717) is 11.3 Å². The molecule has 0 saturated heterocycles. The molecule has 5 heteroatoms. The van der Waals surface area contributed by atoms with Crippen LogP contribution in [0.2, 0.25) is 0 Å². The van der Waals surface area contributed by atoms with Gasteiger partial charge in [-0.25, -0.2) is 4.39 Å². The highest BCUT2D eigenvalue weighted by Gasteiger charge is 2.03. The molecule has 0 aliphatic heterocycles. The zero-order valence-corrected chi connectivity index (χ0v) is 12.9. The second kappa shape index (κ2) is 7.04.